The maximum Gasteiger partial charge on any atom is 0.404 e. The summed E-state index contributed by atoms with van der Waals surface area (Å²) in [5.41, 5.74) is 5.04. The van der Waals surface area contributed by atoms with Gasteiger partial charge in [-0.15, -0.1) is 0 Å². The Bertz CT molecular complexity index is 440. The summed E-state index contributed by atoms with van der Waals surface area (Å²) in [4.78, 5) is 10.8. The number of hydrogen-bond acceptors (Lipinski definition) is 3. The molecule has 0 aliphatic heterocycles. The topological polar surface area (TPSA) is 61.6 Å². The second kappa shape index (κ2) is 7.60. The standard InChI is InChI=1S/C13H17BrClNO3/c1-8(2)5-10(19-13(16)17)7-18-12-4-3-9(14)6-11(12)15/h3-4,6,8,10H,5,7H2,1-2H3,(H2,16,17)/t10-/m0/s1. The Morgan fingerprint density at radius 3 is 2.68 bits per heavy atom. The molecule has 0 aliphatic rings. The van der Waals surface area contributed by atoms with Gasteiger partial charge in [-0.25, -0.2) is 4.79 Å². The largest absolute Gasteiger partial charge is 0.488 e. The zero-order valence-corrected chi connectivity index (χ0v) is 13.2. The van der Waals surface area contributed by atoms with Crippen LogP contribution in [0.25, 0.3) is 0 Å². The Hall–Kier alpha value is -0.940. The second-order valence-corrected chi connectivity index (χ2v) is 5.90. The highest BCUT2D eigenvalue weighted by Gasteiger charge is 2.16. The van der Waals surface area contributed by atoms with Crippen LogP contribution >= 0.6 is 27.5 Å². The molecule has 0 bridgehead atoms. The molecule has 0 fully saturated rings. The van der Waals surface area contributed by atoms with E-state index in [4.69, 9.17) is 26.8 Å². The number of rotatable bonds is 6. The van der Waals surface area contributed by atoms with Crippen LogP contribution in [0.15, 0.2) is 22.7 Å². The third-order valence-electron chi connectivity index (χ3n) is 2.34. The summed E-state index contributed by atoms with van der Waals surface area (Å²) in [5.74, 6) is 0.917. The Labute approximate surface area is 126 Å². The van der Waals surface area contributed by atoms with Crippen molar-refractivity contribution >= 4 is 33.6 Å². The van der Waals surface area contributed by atoms with Gasteiger partial charge in [-0.1, -0.05) is 41.4 Å². The molecular formula is C13H17BrClNO3. The molecule has 0 saturated carbocycles. The third-order valence-corrected chi connectivity index (χ3v) is 3.12. The highest BCUT2D eigenvalue weighted by Crippen LogP contribution is 2.28. The van der Waals surface area contributed by atoms with Crippen molar-refractivity contribution in [1.29, 1.82) is 0 Å². The highest BCUT2D eigenvalue weighted by molar-refractivity contribution is 9.10. The minimum absolute atomic E-state index is 0.225. The number of primary amides is 1. The van der Waals surface area contributed by atoms with E-state index in [2.05, 4.69) is 15.9 Å². The average molecular weight is 351 g/mol. The maximum absolute atomic E-state index is 10.8. The Kier molecular flexibility index (Phi) is 6.45. The molecule has 1 aromatic carbocycles. The van der Waals surface area contributed by atoms with Gasteiger partial charge in [0.25, 0.3) is 0 Å². The first-order valence-corrected chi connectivity index (χ1v) is 7.09. The molecule has 0 unspecified atom stereocenters. The van der Waals surface area contributed by atoms with Crippen LogP contribution in [0.2, 0.25) is 5.02 Å². The number of amides is 1. The Morgan fingerprint density at radius 1 is 1.47 bits per heavy atom. The van der Waals surface area contributed by atoms with Gasteiger partial charge in [-0.3, -0.25) is 0 Å². The number of carbonyl (C=O) groups excluding carboxylic acids is 1. The predicted molar refractivity (Wildman–Crippen MR) is 78.6 cm³/mol. The number of halogens is 2. The summed E-state index contributed by atoms with van der Waals surface area (Å²) >= 11 is 9.35. The maximum atomic E-state index is 10.8. The van der Waals surface area contributed by atoms with Crippen LogP contribution in [0.3, 0.4) is 0 Å². The van der Waals surface area contributed by atoms with E-state index in [1.807, 2.05) is 19.9 Å². The van der Waals surface area contributed by atoms with Crippen LogP contribution in [0.5, 0.6) is 5.75 Å². The molecule has 1 aromatic rings. The van der Waals surface area contributed by atoms with Crippen LogP contribution < -0.4 is 10.5 Å². The molecule has 1 rings (SSSR count). The second-order valence-electron chi connectivity index (χ2n) is 4.57. The van der Waals surface area contributed by atoms with Crippen LogP contribution in [0, 0.1) is 5.92 Å². The van der Waals surface area contributed by atoms with E-state index in [1.54, 1.807) is 12.1 Å². The van der Waals surface area contributed by atoms with Crippen molar-refractivity contribution in [3.63, 3.8) is 0 Å². The summed E-state index contributed by atoms with van der Waals surface area (Å²) in [6.45, 7) is 4.29. The van der Waals surface area contributed by atoms with E-state index in [1.165, 1.54) is 0 Å². The first-order chi connectivity index (χ1) is 8.88. The SMILES string of the molecule is CC(C)C[C@@H](COc1ccc(Br)cc1Cl)OC(N)=O. The molecule has 6 heteroatoms. The summed E-state index contributed by atoms with van der Waals surface area (Å²) in [6, 6.07) is 5.32. The number of hydrogen-bond donors (Lipinski definition) is 1. The van der Waals surface area contributed by atoms with E-state index in [-0.39, 0.29) is 12.7 Å². The predicted octanol–water partition coefficient (Wildman–Crippen LogP) is 3.99. The first kappa shape index (κ1) is 16.1. The van der Waals surface area contributed by atoms with Crippen LogP contribution in [0.1, 0.15) is 20.3 Å². The van der Waals surface area contributed by atoms with Crippen molar-refractivity contribution in [3.8, 4) is 5.75 Å². The molecule has 106 valence electrons. The van der Waals surface area contributed by atoms with Crippen LogP contribution in [-0.4, -0.2) is 18.8 Å². The molecule has 0 heterocycles. The van der Waals surface area contributed by atoms with E-state index >= 15 is 0 Å². The van der Waals surface area contributed by atoms with E-state index in [0.717, 1.165) is 4.47 Å². The summed E-state index contributed by atoms with van der Waals surface area (Å²) in [7, 11) is 0. The van der Waals surface area contributed by atoms with Crippen molar-refractivity contribution in [2.75, 3.05) is 6.61 Å². The Morgan fingerprint density at radius 2 is 2.16 bits per heavy atom. The lowest BCUT2D eigenvalue weighted by atomic mass is 10.1. The van der Waals surface area contributed by atoms with Crippen molar-refractivity contribution in [1.82, 2.24) is 0 Å². The van der Waals surface area contributed by atoms with Gasteiger partial charge in [-0.05, 0) is 30.5 Å². The number of benzene rings is 1. The zero-order valence-electron chi connectivity index (χ0n) is 10.9. The zero-order chi connectivity index (χ0) is 14.4. The van der Waals surface area contributed by atoms with Crippen molar-refractivity contribution in [2.24, 2.45) is 11.7 Å². The molecule has 0 saturated heterocycles. The van der Waals surface area contributed by atoms with Gasteiger partial charge in [0, 0.05) is 4.47 Å². The Balaban J connectivity index is 2.61. The van der Waals surface area contributed by atoms with E-state index < -0.39 is 6.09 Å². The van der Waals surface area contributed by atoms with E-state index in [0.29, 0.717) is 23.1 Å². The number of carbonyl (C=O) groups is 1. The number of ether oxygens (including phenoxy) is 2. The van der Waals surface area contributed by atoms with Crippen molar-refractivity contribution < 1.29 is 14.3 Å². The lowest BCUT2D eigenvalue weighted by Crippen LogP contribution is -2.29. The fraction of sp³-hybridized carbons (Fsp3) is 0.462. The highest BCUT2D eigenvalue weighted by atomic mass is 79.9. The molecule has 0 spiro atoms. The normalized spacial score (nSPS) is 12.3. The monoisotopic (exact) mass is 349 g/mol. The number of nitrogens with two attached hydrogens (primary N) is 1. The average Bonchev–Trinajstić information content (AvgIpc) is 2.25. The molecule has 0 radical (unpaired) electrons. The molecule has 2 N–H and O–H groups in total. The van der Waals surface area contributed by atoms with Gasteiger partial charge >= 0.3 is 6.09 Å². The smallest absolute Gasteiger partial charge is 0.404 e. The molecule has 19 heavy (non-hydrogen) atoms. The van der Waals surface area contributed by atoms with Gasteiger partial charge < -0.3 is 15.2 Å². The summed E-state index contributed by atoms with van der Waals surface area (Å²) < 4.78 is 11.5. The molecule has 0 aliphatic carbocycles. The van der Waals surface area contributed by atoms with Crippen LogP contribution in [0.4, 0.5) is 4.79 Å². The molecule has 1 atom stereocenters. The van der Waals surface area contributed by atoms with Crippen molar-refractivity contribution in [2.45, 2.75) is 26.4 Å². The third kappa shape index (κ3) is 6.16. The van der Waals surface area contributed by atoms with E-state index in [9.17, 15) is 4.79 Å². The van der Waals surface area contributed by atoms with Gasteiger partial charge in [0.15, 0.2) is 0 Å². The quantitative estimate of drug-likeness (QED) is 0.843. The van der Waals surface area contributed by atoms with Crippen LogP contribution in [-0.2, 0) is 4.74 Å². The van der Waals surface area contributed by atoms with Gasteiger partial charge in [0.2, 0.25) is 0 Å². The molecular weight excluding hydrogens is 334 g/mol. The molecule has 1 amide bonds. The fourth-order valence-electron chi connectivity index (χ4n) is 1.62. The summed E-state index contributed by atoms with van der Waals surface area (Å²) in [5, 5.41) is 0.497. The van der Waals surface area contributed by atoms with Gasteiger partial charge in [0.05, 0.1) is 5.02 Å². The fourth-order valence-corrected chi connectivity index (χ4v) is 2.34. The molecule has 4 nitrogen and oxygen atoms in total. The van der Waals surface area contributed by atoms with Gasteiger partial charge in [0.1, 0.15) is 18.5 Å². The molecule has 0 aromatic heterocycles. The lowest BCUT2D eigenvalue weighted by Gasteiger charge is -2.19. The summed E-state index contributed by atoms with van der Waals surface area (Å²) in [6.07, 6.45) is -0.495. The lowest BCUT2D eigenvalue weighted by molar-refractivity contribution is 0.0591. The van der Waals surface area contributed by atoms with Gasteiger partial charge in [-0.2, -0.15) is 0 Å². The minimum atomic E-state index is -0.795. The minimum Gasteiger partial charge on any atom is -0.488 e. The van der Waals surface area contributed by atoms with Crippen molar-refractivity contribution in [3.05, 3.63) is 27.7 Å². The first-order valence-electron chi connectivity index (χ1n) is 5.92.